The van der Waals surface area contributed by atoms with Crippen molar-refractivity contribution in [3.8, 4) is 5.75 Å². The van der Waals surface area contributed by atoms with Gasteiger partial charge in [0.15, 0.2) is 0 Å². The van der Waals surface area contributed by atoms with Crippen LogP contribution in [0.3, 0.4) is 0 Å². The Morgan fingerprint density at radius 1 is 1.42 bits per heavy atom. The first-order valence-electron chi connectivity index (χ1n) is 8.67. The van der Waals surface area contributed by atoms with Crippen LogP contribution in [0.25, 0.3) is 0 Å². The molecule has 2 heterocycles. The Labute approximate surface area is 142 Å². The minimum Gasteiger partial charge on any atom is -0.489 e. The van der Waals surface area contributed by atoms with Gasteiger partial charge in [0, 0.05) is 25.6 Å². The van der Waals surface area contributed by atoms with Gasteiger partial charge in [-0.1, -0.05) is 6.07 Å². The summed E-state index contributed by atoms with van der Waals surface area (Å²) in [4.78, 5) is 12.3. The van der Waals surface area contributed by atoms with Crippen molar-refractivity contribution in [1.29, 1.82) is 0 Å². The molecule has 2 saturated heterocycles. The second-order valence-corrected chi connectivity index (χ2v) is 6.42. The second kappa shape index (κ2) is 8.46. The molecule has 132 valence electrons. The van der Waals surface area contributed by atoms with Gasteiger partial charge in [0.25, 0.3) is 0 Å². The third-order valence-electron chi connectivity index (χ3n) is 4.29. The Hall–Kier alpha value is -1.63. The molecule has 6 nitrogen and oxygen atoms in total. The third-order valence-corrected chi connectivity index (χ3v) is 4.29. The molecular formula is C18H26N2O4. The SMILES string of the molecule is Cc1ccc(NC(=O)CC2COCCN2)c(OCC2CCCO2)c1. The lowest BCUT2D eigenvalue weighted by molar-refractivity contribution is -0.117. The molecule has 2 unspecified atom stereocenters. The van der Waals surface area contributed by atoms with E-state index < -0.39 is 0 Å². The monoisotopic (exact) mass is 334 g/mol. The fraction of sp³-hybridized carbons (Fsp3) is 0.611. The maximum atomic E-state index is 12.3. The Morgan fingerprint density at radius 2 is 2.33 bits per heavy atom. The zero-order valence-electron chi connectivity index (χ0n) is 14.2. The number of carbonyl (C=O) groups is 1. The van der Waals surface area contributed by atoms with E-state index in [-0.39, 0.29) is 18.1 Å². The van der Waals surface area contributed by atoms with Crippen molar-refractivity contribution in [2.45, 2.75) is 38.3 Å². The van der Waals surface area contributed by atoms with Gasteiger partial charge in [0.1, 0.15) is 12.4 Å². The first-order chi connectivity index (χ1) is 11.7. The number of benzene rings is 1. The molecule has 0 saturated carbocycles. The summed E-state index contributed by atoms with van der Waals surface area (Å²) in [7, 11) is 0. The van der Waals surface area contributed by atoms with E-state index in [4.69, 9.17) is 14.2 Å². The van der Waals surface area contributed by atoms with Crippen molar-refractivity contribution >= 4 is 11.6 Å². The number of anilines is 1. The van der Waals surface area contributed by atoms with E-state index in [0.29, 0.717) is 37.7 Å². The molecule has 1 aromatic carbocycles. The quantitative estimate of drug-likeness (QED) is 0.831. The molecule has 0 aliphatic carbocycles. The van der Waals surface area contributed by atoms with Crippen molar-refractivity contribution in [2.75, 3.05) is 38.3 Å². The summed E-state index contributed by atoms with van der Waals surface area (Å²) in [5.41, 5.74) is 1.80. The van der Waals surface area contributed by atoms with Crippen LogP contribution in [0.1, 0.15) is 24.8 Å². The van der Waals surface area contributed by atoms with Crippen LogP contribution in [0, 0.1) is 6.92 Å². The van der Waals surface area contributed by atoms with Gasteiger partial charge >= 0.3 is 0 Å². The molecule has 2 N–H and O–H groups in total. The summed E-state index contributed by atoms with van der Waals surface area (Å²) in [6.07, 6.45) is 2.65. The lowest BCUT2D eigenvalue weighted by Gasteiger charge is -2.23. The van der Waals surface area contributed by atoms with Crippen LogP contribution >= 0.6 is 0 Å². The van der Waals surface area contributed by atoms with E-state index in [2.05, 4.69) is 10.6 Å². The Balaban J connectivity index is 1.57. The molecule has 0 spiro atoms. The van der Waals surface area contributed by atoms with Crippen LogP contribution in [-0.4, -0.2) is 51.0 Å². The highest BCUT2D eigenvalue weighted by atomic mass is 16.5. The molecule has 6 heteroatoms. The normalized spacial score (nSPS) is 23.9. The summed E-state index contributed by atoms with van der Waals surface area (Å²) in [6.45, 7) is 5.40. The molecular weight excluding hydrogens is 308 g/mol. The Kier molecular flexibility index (Phi) is 6.07. The molecule has 1 amide bonds. The highest BCUT2D eigenvalue weighted by Gasteiger charge is 2.19. The van der Waals surface area contributed by atoms with Crippen LogP contribution in [0.15, 0.2) is 18.2 Å². The third kappa shape index (κ3) is 4.93. The number of hydrogen-bond acceptors (Lipinski definition) is 5. The van der Waals surface area contributed by atoms with Gasteiger partial charge in [-0.15, -0.1) is 0 Å². The molecule has 2 fully saturated rings. The van der Waals surface area contributed by atoms with Crippen LogP contribution in [0.2, 0.25) is 0 Å². The average Bonchev–Trinajstić information content (AvgIpc) is 3.09. The molecule has 2 aliphatic rings. The molecule has 2 aliphatic heterocycles. The molecule has 24 heavy (non-hydrogen) atoms. The lowest BCUT2D eigenvalue weighted by Crippen LogP contribution is -2.43. The average molecular weight is 334 g/mol. The maximum absolute atomic E-state index is 12.3. The maximum Gasteiger partial charge on any atom is 0.226 e. The van der Waals surface area contributed by atoms with Gasteiger partial charge in [0.05, 0.1) is 25.0 Å². The van der Waals surface area contributed by atoms with E-state index in [1.165, 1.54) is 0 Å². The highest BCUT2D eigenvalue weighted by Crippen LogP contribution is 2.27. The van der Waals surface area contributed by atoms with Crippen LogP contribution in [-0.2, 0) is 14.3 Å². The van der Waals surface area contributed by atoms with Crippen LogP contribution < -0.4 is 15.4 Å². The molecule has 0 radical (unpaired) electrons. The zero-order valence-corrected chi connectivity index (χ0v) is 14.2. The van der Waals surface area contributed by atoms with E-state index in [1.54, 1.807) is 0 Å². The minimum absolute atomic E-state index is 0.0381. The van der Waals surface area contributed by atoms with Crippen LogP contribution in [0.4, 0.5) is 5.69 Å². The van der Waals surface area contributed by atoms with Gasteiger partial charge in [-0.25, -0.2) is 0 Å². The smallest absolute Gasteiger partial charge is 0.226 e. The molecule has 0 aromatic heterocycles. The number of aryl methyl sites for hydroxylation is 1. The van der Waals surface area contributed by atoms with Gasteiger partial charge < -0.3 is 24.8 Å². The minimum atomic E-state index is -0.0381. The standard InChI is InChI=1S/C18H26N2O4/c1-13-4-5-16(17(9-13)24-12-15-3-2-7-23-15)20-18(21)10-14-11-22-8-6-19-14/h4-5,9,14-15,19H,2-3,6-8,10-12H2,1H3,(H,20,21). The van der Waals surface area contributed by atoms with E-state index in [1.807, 2.05) is 25.1 Å². The van der Waals surface area contributed by atoms with E-state index in [0.717, 1.165) is 31.6 Å². The number of nitrogens with one attached hydrogen (secondary N) is 2. The highest BCUT2D eigenvalue weighted by molar-refractivity contribution is 5.92. The number of rotatable bonds is 6. The summed E-state index contributed by atoms with van der Waals surface area (Å²) >= 11 is 0. The molecule has 3 rings (SSSR count). The molecule has 1 aromatic rings. The topological polar surface area (TPSA) is 68.8 Å². The Morgan fingerprint density at radius 3 is 3.08 bits per heavy atom. The van der Waals surface area contributed by atoms with E-state index >= 15 is 0 Å². The summed E-state index contributed by atoms with van der Waals surface area (Å²) in [5.74, 6) is 0.663. The predicted molar refractivity (Wildman–Crippen MR) is 91.5 cm³/mol. The van der Waals surface area contributed by atoms with Crippen molar-refractivity contribution in [1.82, 2.24) is 5.32 Å². The fourth-order valence-corrected chi connectivity index (χ4v) is 2.99. The van der Waals surface area contributed by atoms with Gasteiger partial charge in [-0.05, 0) is 37.5 Å². The lowest BCUT2D eigenvalue weighted by atomic mass is 10.1. The van der Waals surface area contributed by atoms with Gasteiger partial charge in [-0.2, -0.15) is 0 Å². The second-order valence-electron chi connectivity index (χ2n) is 6.42. The van der Waals surface area contributed by atoms with E-state index in [9.17, 15) is 4.79 Å². The van der Waals surface area contributed by atoms with Gasteiger partial charge in [-0.3, -0.25) is 4.79 Å². The number of carbonyl (C=O) groups excluding carboxylic acids is 1. The number of morpholine rings is 1. The first-order valence-corrected chi connectivity index (χ1v) is 8.67. The van der Waals surface area contributed by atoms with Crippen LogP contribution in [0.5, 0.6) is 5.75 Å². The largest absolute Gasteiger partial charge is 0.489 e. The fourth-order valence-electron chi connectivity index (χ4n) is 2.99. The van der Waals surface area contributed by atoms with Crippen molar-refractivity contribution in [2.24, 2.45) is 0 Å². The number of amides is 1. The first kappa shape index (κ1) is 17.2. The number of ether oxygens (including phenoxy) is 3. The summed E-state index contributed by atoms with van der Waals surface area (Å²) < 4.78 is 16.9. The summed E-state index contributed by atoms with van der Waals surface area (Å²) in [6, 6.07) is 5.88. The zero-order chi connectivity index (χ0) is 16.8. The van der Waals surface area contributed by atoms with Crippen molar-refractivity contribution in [3.63, 3.8) is 0 Å². The van der Waals surface area contributed by atoms with Crippen molar-refractivity contribution < 1.29 is 19.0 Å². The molecule has 0 bridgehead atoms. The molecule has 2 atom stereocenters. The van der Waals surface area contributed by atoms with Gasteiger partial charge in [0.2, 0.25) is 5.91 Å². The van der Waals surface area contributed by atoms with Crippen molar-refractivity contribution in [3.05, 3.63) is 23.8 Å². The number of hydrogen-bond donors (Lipinski definition) is 2. The Bertz CT molecular complexity index is 552. The predicted octanol–water partition coefficient (Wildman–Crippen LogP) is 1.87. The summed E-state index contributed by atoms with van der Waals surface area (Å²) in [5, 5.41) is 6.25.